The van der Waals surface area contributed by atoms with Crippen LogP contribution in [0.5, 0.6) is 0 Å². The summed E-state index contributed by atoms with van der Waals surface area (Å²) in [6, 6.07) is 0. The number of Topliss-reactive ketones (excluding diaryl/α,β-unsaturated/α-hetero) is 1. The van der Waals surface area contributed by atoms with Gasteiger partial charge in [-0.2, -0.15) is 4.31 Å². The van der Waals surface area contributed by atoms with Crippen molar-refractivity contribution in [3.8, 4) is 0 Å². The first-order valence-corrected chi connectivity index (χ1v) is 14.6. The molecule has 182 valence electrons. The number of carbonyl (C=O) groups is 1. The van der Waals surface area contributed by atoms with Gasteiger partial charge < -0.3 is 9.47 Å². The Morgan fingerprint density at radius 3 is 2.59 bits per heavy atom. The minimum atomic E-state index is -3.25. The zero-order valence-corrected chi connectivity index (χ0v) is 20.7. The Balaban J connectivity index is 1.17. The molecule has 0 aromatic carbocycles. The van der Waals surface area contributed by atoms with E-state index in [4.69, 9.17) is 9.47 Å². The molecule has 5 aliphatic rings. The SMILES string of the molecule is C[C@]12CC[C@H](OCCS(=O)(=O)N3CCOCC3)C[C@@H]1CC[C@@H]1[C@@H]2CC[C@]2(C)C(=O)CC[C@@H]12. The third kappa shape index (κ3) is 3.89. The van der Waals surface area contributed by atoms with Gasteiger partial charge in [-0.3, -0.25) is 4.79 Å². The van der Waals surface area contributed by atoms with Crippen molar-refractivity contribution in [2.24, 2.45) is 34.5 Å². The predicted molar refractivity (Wildman–Crippen MR) is 123 cm³/mol. The molecule has 0 bridgehead atoms. The summed E-state index contributed by atoms with van der Waals surface area (Å²) in [5.41, 5.74) is 0.312. The highest BCUT2D eigenvalue weighted by molar-refractivity contribution is 7.89. The van der Waals surface area contributed by atoms with Crippen LogP contribution in [0.25, 0.3) is 0 Å². The fourth-order valence-electron chi connectivity index (χ4n) is 8.42. The standard InChI is InChI=1S/C25H41NO5S/c1-24-9-7-19(31-15-16-32(28,29)26-11-13-30-14-12-26)17-18(24)3-4-20-21-5-6-23(27)25(21,2)10-8-22(20)24/h18-22H,3-17H2,1-2H3/t18-,19-,20-,21-,22-,24-,25-/m0/s1. The lowest BCUT2D eigenvalue weighted by molar-refractivity contribution is -0.144. The van der Waals surface area contributed by atoms with Crippen LogP contribution in [0.1, 0.15) is 71.6 Å². The highest BCUT2D eigenvalue weighted by atomic mass is 32.2. The van der Waals surface area contributed by atoms with Crippen LogP contribution in [-0.2, 0) is 24.3 Å². The summed E-state index contributed by atoms with van der Waals surface area (Å²) in [6.45, 7) is 6.96. The lowest BCUT2D eigenvalue weighted by Crippen LogP contribution is -2.54. The van der Waals surface area contributed by atoms with E-state index < -0.39 is 10.0 Å². The van der Waals surface area contributed by atoms with Gasteiger partial charge in [0.15, 0.2) is 0 Å². The van der Waals surface area contributed by atoms with Crippen LogP contribution in [0.15, 0.2) is 0 Å². The van der Waals surface area contributed by atoms with E-state index in [9.17, 15) is 13.2 Å². The van der Waals surface area contributed by atoms with Crippen molar-refractivity contribution in [2.75, 3.05) is 38.7 Å². The van der Waals surface area contributed by atoms with Crippen molar-refractivity contribution in [3.63, 3.8) is 0 Å². The molecular formula is C25H41NO5S. The molecule has 7 heteroatoms. The van der Waals surface area contributed by atoms with Gasteiger partial charge in [0.2, 0.25) is 10.0 Å². The molecule has 0 radical (unpaired) electrons. The van der Waals surface area contributed by atoms with Crippen LogP contribution in [-0.4, -0.2) is 63.3 Å². The smallest absolute Gasteiger partial charge is 0.216 e. The van der Waals surface area contributed by atoms with E-state index in [-0.39, 0.29) is 17.3 Å². The van der Waals surface area contributed by atoms with Crippen LogP contribution in [0.4, 0.5) is 0 Å². The fourth-order valence-corrected chi connectivity index (χ4v) is 9.69. The lowest BCUT2D eigenvalue weighted by Gasteiger charge is -2.60. The summed E-state index contributed by atoms with van der Waals surface area (Å²) < 4.78 is 38.1. The molecule has 1 saturated heterocycles. The average molecular weight is 468 g/mol. The molecule has 0 spiro atoms. The maximum absolute atomic E-state index is 12.6. The molecule has 0 aromatic rings. The molecular weight excluding hydrogens is 426 g/mol. The van der Waals surface area contributed by atoms with Crippen molar-refractivity contribution < 1.29 is 22.7 Å². The number of hydrogen-bond acceptors (Lipinski definition) is 5. The number of ketones is 1. The summed E-state index contributed by atoms with van der Waals surface area (Å²) in [5, 5.41) is 0. The van der Waals surface area contributed by atoms with Gasteiger partial charge in [-0.25, -0.2) is 8.42 Å². The van der Waals surface area contributed by atoms with Crippen molar-refractivity contribution in [1.29, 1.82) is 0 Å². The Kier molecular flexibility index (Phi) is 6.26. The van der Waals surface area contributed by atoms with Crippen molar-refractivity contribution in [1.82, 2.24) is 4.31 Å². The molecule has 6 nitrogen and oxygen atoms in total. The zero-order chi connectivity index (χ0) is 22.6. The number of rotatable bonds is 5. The molecule has 0 aromatic heterocycles. The maximum atomic E-state index is 12.6. The normalized spacial score (nSPS) is 45.2. The topological polar surface area (TPSA) is 72.9 Å². The number of sulfonamides is 1. The van der Waals surface area contributed by atoms with Crippen LogP contribution < -0.4 is 0 Å². The second-order valence-electron chi connectivity index (χ2n) is 11.7. The zero-order valence-electron chi connectivity index (χ0n) is 19.9. The summed E-state index contributed by atoms with van der Waals surface area (Å²) >= 11 is 0. The first-order valence-electron chi connectivity index (χ1n) is 12.9. The van der Waals surface area contributed by atoms with Crippen LogP contribution >= 0.6 is 0 Å². The predicted octanol–water partition coefficient (Wildman–Crippen LogP) is 3.65. The molecule has 32 heavy (non-hydrogen) atoms. The summed E-state index contributed by atoms with van der Waals surface area (Å²) in [4.78, 5) is 12.6. The molecule has 0 N–H and O–H groups in total. The van der Waals surface area contributed by atoms with E-state index in [2.05, 4.69) is 13.8 Å². The quantitative estimate of drug-likeness (QED) is 0.617. The van der Waals surface area contributed by atoms with Gasteiger partial charge in [-0.05, 0) is 80.5 Å². The molecule has 0 amide bonds. The summed E-state index contributed by atoms with van der Waals surface area (Å²) in [7, 11) is -3.25. The largest absolute Gasteiger partial charge is 0.379 e. The van der Waals surface area contributed by atoms with Gasteiger partial charge in [-0.15, -0.1) is 0 Å². The first-order chi connectivity index (χ1) is 15.2. The second-order valence-corrected chi connectivity index (χ2v) is 13.8. The number of hydrogen-bond donors (Lipinski definition) is 0. The minimum Gasteiger partial charge on any atom is -0.379 e. The highest BCUT2D eigenvalue weighted by Crippen LogP contribution is 2.65. The third-order valence-electron chi connectivity index (χ3n) is 10.4. The third-order valence-corrected chi connectivity index (χ3v) is 12.2. The van der Waals surface area contributed by atoms with Gasteiger partial charge in [0.05, 0.1) is 31.7 Å². The molecule has 5 fully saturated rings. The highest BCUT2D eigenvalue weighted by Gasteiger charge is 2.60. The molecule has 5 rings (SSSR count). The van der Waals surface area contributed by atoms with Crippen LogP contribution in [0.3, 0.4) is 0 Å². The molecule has 0 unspecified atom stereocenters. The molecule has 4 saturated carbocycles. The van der Waals surface area contributed by atoms with Gasteiger partial charge in [0, 0.05) is 24.9 Å². The lowest BCUT2D eigenvalue weighted by atomic mass is 9.45. The Morgan fingerprint density at radius 1 is 1.03 bits per heavy atom. The van der Waals surface area contributed by atoms with E-state index in [0.717, 1.165) is 43.9 Å². The number of morpholine rings is 1. The van der Waals surface area contributed by atoms with Crippen LogP contribution in [0, 0.1) is 34.5 Å². The number of ether oxygens (including phenoxy) is 2. The molecule has 1 heterocycles. The Bertz CT molecular complexity index is 824. The van der Waals surface area contributed by atoms with Crippen molar-refractivity contribution >= 4 is 15.8 Å². The molecule has 1 aliphatic heterocycles. The van der Waals surface area contributed by atoms with E-state index in [1.54, 1.807) is 4.31 Å². The van der Waals surface area contributed by atoms with E-state index in [1.807, 2.05) is 0 Å². The summed E-state index contributed by atoms with van der Waals surface area (Å²) in [6.07, 6.45) is 10.2. The molecule has 4 aliphatic carbocycles. The van der Waals surface area contributed by atoms with Crippen molar-refractivity contribution in [2.45, 2.75) is 77.7 Å². The van der Waals surface area contributed by atoms with E-state index in [0.29, 0.717) is 55.9 Å². The van der Waals surface area contributed by atoms with Gasteiger partial charge in [0.25, 0.3) is 0 Å². The van der Waals surface area contributed by atoms with E-state index >= 15 is 0 Å². The first kappa shape index (κ1) is 23.3. The number of fused-ring (bicyclic) bond motifs is 5. The van der Waals surface area contributed by atoms with Gasteiger partial charge >= 0.3 is 0 Å². The van der Waals surface area contributed by atoms with Gasteiger partial charge in [0.1, 0.15) is 5.78 Å². The van der Waals surface area contributed by atoms with Crippen LogP contribution in [0.2, 0.25) is 0 Å². The monoisotopic (exact) mass is 467 g/mol. The molecule has 7 atom stereocenters. The number of carbonyl (C=O) groups excluding carboxylic acids is 1. The fraction of sp³-hybridized carbons (Fsp3) is 0.960. The van der Waals surface area contributed by atoms with Crippen molar-refractivity contribution in [3.05, 3.63) is 0 Å². The maximum Gasteiger partial charge on any atom is 0.216 e. The van der Waals surface area contributed by atoms with E-state index in [1.165, 1.54) is 25.7 Å². The Labute approximate surface area is 193 Å². The Morgan fingerprint density at radius 2 is 1.81 bits per heavy atom. The minimum absolute atomic E-state index is 0.0450. The number of nitrogens with zero attached hydrogens (tertiary/aromatic N) is 1. The average Bonchev–Trinajstić information content (AvgIpc) is 3.09. The Hall–Kier alpha value is -0.500. The summed E-state index contributed by atoms with van der Waals surface area (Å²) in [5.74, 6) is 3.33. The second kappa shape index (κ2) is 8.62. The van der Waals surface area contributed by atoms with Gasteiger partial charge in [-0.1, -0.05) is 13.8 Å².